The minimum atomic E-state index is -4.19. The predicted molar refractivity (Wildman–Crippen MR) is 79.2 cm³/mol. The monoisotopic (exact) mass is 351 g/mol. The second-order valence-electron chi connectivity index (χ2n) is 5.25. The van der Waals surface area contributed by atoms with Crippen molar-refractivity contribution in [2.75, 3.05) is 45.8 Å². The number of carbonyl (C=O) groups excluding carboxylic acids is 1. The number of amides is 1. The Hall–Kier alpha value is -0.240. The molecule has 2 aliphatic rings. The van der Waals surface area contributed by atoms with E-state index in [2.05, 4.69) is 5.32 Å². The van der Waals surface area contributed by atoms with Crippen LogP contribution in [0.3, 0.4) is 0 Å². The molecule has 1 unspecified atom stereocenters. The topological polar surface area (TPSA) is 35.6 Å². The summed E-state index contributed by atoms with van der Waals surface area (Å²) >= 11 is 0. The fourth-order valence-electron chi connectivity index (χ4n) is 2.63. The third-order valence-electron chi connectivity index (χ3n) is 3.81. The minimum absolute atomic E-state index is 0. The van der Waals surface area contributed by atoms with Gasteiger partial charge >= 0.3 is 6.18 Å². The molecule has 2 saturated heterocycles. The highest BCUT2D eigenvalue weighted by molar-refractivity contribution is 5.85. The zero-order chi connectivity index (χ0) is 13.9. The Balaban J connectivity index is 0.00000200. The van der Waals surface area contributed by atoms with Gasteiger partial charge in [0.1, 0.15) is 0 Å². The van der Waals surface area contributed by atoms with E-state index in [-0.39, 0.29) is 50.2 Å². The van der Waals surface area contributed by atoms with E-state index in [1.807, 2.05) is 4.90 Å². The number of nitrogens with one attached hydrogen (secondary N) is 1. The van der Waals surface area contributed by atoms with Crippen LogP contribution in [0.5, 0.6) is 0 Å². The Morgan fingerprint density at radius 3 is 2.33 bits per heavy atom. The van der Waals surface area contributed by atoms with Crippen LogP contribution in [0.2, 0.25) is 0 Å². The lowest BCUT2D eigenvalue weighted by Gasteiger charge is -2.35. The molecule has 0 spiro atoms. The summed E-state index contributed by atoms with van der Waals surface area (Å²) in [5.74, 6) is -1.52. The molecule has 2 rings (SSSR count). The molecule has 9 heteroatoms. The molecule has 1 atom stereocenters. The lowest BCUT2D eigenvalue weighted by Crippen LogP contribution is -2.51. The average molecular weight is 352 g/mol. The van der Waals surface area contributed by atoms with Crippen LogP contribution in [0.4, 0.5) is 13.2 Å². The number of carbonyl (C=O) groups is 1. The van der Waals surface area contributed by atoms with Gasteiger partial charge in [-0.05, 0) is 12.8 Å². The summed E-state index contributed by atoms with van der Waals surface area (Å²) in [4.78, 5) is 15.4. The van der Waals surface area contributed by atoms with Crippen molar-refractivity contribution in [3.8, 4) is 0 Å². The fraction of sp³-hybridized carbons (Fsp3) is 0.917. The zero-order valence-electron chi connectivity index (χ0n) is 11.7. The van der Waals surface area contributed by atoms with Crippen molar-refractivity contribution in [1.82, 2.24) is 15.1 Å². The molecular weight excluding hydrogens is 330 g/mol. The third kappa shape index (κ3) is 6.18. The maximum absolute atomic E-state index is 12.7. The molecule has 0 aromatic heterocycles. The second kappa shape index (κ2) is 9.02. The van der Waals surface area contributed by atoms with Crippen LogP contribution in [0, 0.1) is 5.92 Å². The first kappa shape index (κ1) is 20.8. The number of nitrogens with zero attached hydrogens (tertiary/aromatic N) is 2. The van der Waals surface area contributed by atoms with Gasteiger partial charge in [-0.15, -0.1) is 24.8 Å². The lowest BCUT2D eigenvalue weighted by molar-refractivity contribution is -0.188. The maximum Gasteiger partial charge on any atom is 0.393 e. The van der Waals surface area contributed by atoms with E-state index < -0.39 is 12.1 Å². The van der Waals surface area contributed by atoms with Gasteiger partial charge in [-0.1, -0.05) is 0 Å². The van der Waals surface area contributed by atoms with Gasteiger partial charge in [0.2, 0.25) is 5.91 Å². The van der Waals surface area contributed by atoms with Crippen molar-refractivity contribution < 1.29 is 18.0 Å². The van der Waals surface area contributed by atoms with Crippen LogP contribution in [0.1, 0.15) is 12.8 Å². The number of rotatable bonds is 2. The molecule has 2 fully saturated rings. The molecule has 0 aromatic rings. The third-order valence-corrected chi connectivity index (χ3v) is 3.81. The van der Waals surface area contributed by atoms with E-state index in [0.717, 1.165) is 26.2 Å². The molecule has 1 N–H and O–H groups in total. The van der Waals surface area contributed by atoms with Gasteiger partial charge in [0.15, 0.2) is 0 Å². The normalized spacial score (nSPS) is 24.0. The van der Waals surface area contributed by atoms with Crippen LogP contribution in [0.25, 0.3) is 0 Å². The smallest absolute Gasteiger partial charge is 0.341 e. The molecule has 2 heterocycles. The largest absolute Gasteiger partial charge is 0.393 e. The fourth-order valence-corrected chi connectivity index (χ4v) is 2.63. The van der Waals surface area contributed by atoms with Crippen molar-refractivity contribution in [3.63, 3.8) is 0 Å². The van der Waals surface area contributed by atoms with E-state index in [0.29, 0.717) is 13.0 Å². The predicted octanol–water partition coefficient (Wildman–Crippen LogP) is 1.54. The standard InChI is InChI=1S/C12H20F3N3O.2ClH/c13-12(14,15)10-2-1-5-18(8-10)11(19)9-17-6-3-16-4-7-17;;/h10,16H,1-9H2;2*1H. The van der Waals surface area contributed by atoms with Crippen molar-refractivity contribution in [1.29, 1.82) is 0 Å². The quantitative estimate of drug-likeness (QED) is 0.819. The Bertz CT molecular complexity index is 325. The SMILES string of the molecule is Cl.Cl.O=C(CN1CCNCC1)N1CCCC(C(F)(F)F)C1. The Labute approximate surface area is 135 Å². The first-order valence-corrected chi connectivity index (χ1v) is 6.74. The molecule has 1 amide bonds. The van der Waals surface area contributed by atoms with Crippen molar-refractivity contribution in [2.45, 2.75) is 19.0 Å². The van der Waals surface area contributed by atoms with E-state index in [4.69, 9.17) is 0 Å². The van der Waals surface area contributed by atoms with E-state index >= 15 is 0 Å². The van der Waals surface area contributed by atoms with Crippen LogP contribution in [0.15, 0.2) is 0 Å². The van der Waals surface area contributed by atoms with Gasteiger partial charge in [-0.25, -0.2) is 0 Å². The number of alkyl halides is 3. The molecule has 0 saturated carbocycles. The van der Waals surface area contributed by atoms with E-state index in [1.54, 1.807) is 0 Å². The summed E-state index contributed by atoms with van der Waals surface area (Å²) in [5.41, 5.74) is 0. The molecule has 0 radical (unpaired) electrons. The summed E-state index contributed by atoms with van der Waals surface area (Å²) in [6.07, 6.45) is -3.60. The minimum Gasteiger partial charge on any atom is -0.341 e. The van der Waals surface area contributed by atoms with Gasteiger partial charge in [-0.2, -0.15) is 13.2 Å². The number of halogens is 5. The Morgan fingerprint density at radius 2 is 1.76 bits per heavy atom. The highest BCUT2D eigenvalue weighted by Crippen LogP contribution is 2.33. The molecule has 0 aliphatic carbocycles. The summed E-state index contributed by atoms with van der Waals surface area (Å²) in [5, 5.41) is 3.18. The Morgan fingerprint density at radius 1 is 1.14 bits per heavy atom. The van der Waals surface area contributed by atoms with Crippen LogP contribution < -0.4 is 5.32 Å². The average Bonchev–Trinajstić information content (AvgIpc) is 2.39. The van der Waals surface area contributed by atoms with Gasteiger partial charge in [0.25, 0.3) is 0 Å². The number of hydrogen-bond donors (Lipinski definition) is 1. The van der Waals surface area contributed by atoms with Gasteiger partial charge in [-0.3, -0.25) is 9.69 Å². The molecule has 21 heavy (non-hydrogen) atoms. The molecule has 0 aromatic carbocycles. The Kier molecular flexibility index (Phi) is 8.92. The van der Waals surface area contributed by atoms with Gasteiger partial charge in [0.05, 0.1) is 12.5 Å². The van der Waals surface area contributed by atoms with Crippen LogP contribution >= 0.6 is 24.8 Å². The number of piperidine rings is 1. The summed E-state index contributed by atoms with van der Waals surface area (Å²) < 4.78 is 38.0. The van der Waals surface area contributed by atoms with Crippen LogP contribution in [-0.2, 0) is 4.79 Å². The molecule has 0 bridgehead atoms. The number of piperazine rings is 1. The molecule has 2 aliphatic heterocycles. The van der Waals surface area contributed by atoms with Crippen LogP contribution in [-0.4, -0.2) is 67.7 Å². The van der Waals surface area contributed by atoms with Gasteiger partial charge in [0, 0.05) is 39.3 Å². The molecular formula is C12H22Cl2F3N3O. The second-order valence-corrected chi connectivity index (χ2v) is 5.25. The summed E-state index contributed by atoms with van der Waals surface area (Å²) in [6, 6.07) is 0. The van der Waals surface area contributed by atoms with E-state index in [9.17, 15) is 18.0 Å². The summed E-state index contributed by atoms with van der Waals surface area (Å²) in [7, 11) is 0. The first-order chi connectivity index (χ1) is 8.97. The summed E-state index contributed by atoms with van der Waals surface area (Å²) in [6.45, 7) is 3.75. The zero-order valence-corrected chi connectivity index (χ0v) is 13.3. The van der Waals surface area contributed by atoms with Crippen molar-refractivity contribution in [2.24, 2.45) is 5.92 Å². The van der Waals surface area contributed by atoms with Crippen molar-refractivity contribution >= 4 is 30.7 Å². The highest BCUT2D eigenvalue weighted by Gasteiger charge is 2.42. The van der Waals surface area contributed by atoms with Crippen molar-refractivity contribution in [3.05, 3.63) is 0 Å². The van der Waals surface area contributed by atoms with E-state index in [1.165, 1.54) is 4.90 Å². The number of hydrogen-bond acceptors (Lipinski definition) is 3. The number of likely N-dealkylation sites (tertiary alicyclic amines) is 1. The first-order valence-electron chi connectivity index (χ1n) is 6.74. The highest BCUT2D eigenvalue weighted by atomic mass is 35.5. The molecule has 126 valence electrons. The maximum atomic E-state index is 12.7. The molecule has 4 nitrogen and oxygen atoms in total. The van der Waals surface area contributed by atoms with Gasteiger partial charge < -0.3 is 10.2 Å². The lowest BCUT2D eigenvalue weighted by atomic mass is 9.97.